The van der Waals surface area contributed by atoms with Gasteiger partial charge < -0.3 is 9.84 Å². The Morgan fingerprint density at radius 3 is 2.34 bits per heavy atom. The van der Waals surface area contributed by atoms with Gasteiger partial charge in [0.05, 0.1) is 6.61 Å². The number of benzene rings is 1. The molecule has 1 aromatic rings. The van der Waals surface area contributed by atoms with Gasteiger partial charge in [-0.15, -0.1) is 0 Å². The number of aliphatic carboxylic acids is 1. The third-order valence-corrected chi connectivity index (χ3v) is 7.37. The van der Waals surface area contributed by atoms with E-state index < -0.39 is 5.97 Å². The zero-order valence-corrected chi connectivity index (χ0v) is 20.4. The first-order valence-electron chi connectivity index (χ1n) is 12.0. The van der Waals surface area contributed by atoms with Crippen LogP contribution in [0.3, 0.4) is 0 Å². The minimum atomic E-state index is -0.830. The topological polar surface area (TPSA) is 76.1 Å². The van der Waals surface area contributed by atoms with Crippen LogP contribution in [0.25, 0.3) is 0 Å². The largest absolute Gasteiger partial charge is 0.481 e. The summed E-state index contributed by atoms with van der Waals surface area (Å²) in [5, 5.41) is 11.0. The van der Waals surface area contributed by atoms with Crippen molar-refractivity contribution >= 4 is 11.9 Å². The lowest BCUT2D eigenvalue weighted by molar-refractivity contribution is -0.317. The second-order valence-corrected chi connectivity index (χ2v) is 9.55. The summed E-state index contributed by atoms with van der Waals surface area (Å²) in [5.74, 6) is -0.960. The van der Waals surface area contributed by atoms with Crippen molar-refractivity contribution in [3.63, 3.8) is 0 Å². The predicted molar refractivity (Wildman–Crippen MR) is 125 cm³/mol. The fourth-order valence-corrected chi connectivity index (χ4v) is 4.77. The molecule has 1 heterocycles. The second-order valence-electron chi connectivity index (χ2n) is 9.55. The van der Waals surface area contributed by atoms with E-state index in [1.54, 1.807) is 0 Å². The number of carbonyl (C=O) groups excluding carboxylic acids is 1. The highest BCUT2D eigenvalue weighted by Gasteiger charge is 2.55. The summed E-state index contributed by atoms with van der Waals surface area (Å²) >= 11 is 0. The van der Waals surface area contributed by atoms with Gasteiger partial charge in [0.25, 0.3) is 0 Å². The van der Waals surface area contributed by atoms with Gasteiger partial charge in [0.2, 0.25) is 0 Å². The highest BCUT2D eigenvalue weighted by atomic mass is 16.7. The Balaban J connectivity index is 2.05. The highest BCUT2D eigenvalue weighted by Crippen LogP contribution is 2.46. The van der Waals surface area contributed by atoms with E-state index in [2.05, 4.69) is 51.8 Å². The average molecular weight is 448 g/mol. The number of ether oxygens (including phenoxy) is 1. The number of unbranched alkanes of at least 4 members (excludes halogenated alkanes) is 1. The van der Waals surface area contributed by atoms with E-state index in [9.17, 15) is 9.59 Å². The highest BCUT2D eigenvalue weighted by molar-refractivity contribution is 5.70. The van der Waals surface area contributed by atoms with Crippen molar-refractivity contribution in [1.29, 1.82) is 0 Å². The monoisotopic (exact) mass is 447 g/mol. The summed E-state index contributed by atoms with van der Waals surface area (Å²) in [6.45, 7) is 11.5. The van der Waals surface area contributed by atoms with Gasteiger partial charge in [0.1, 0.15) is 6.10 Å². The number of hydrogen-bond donors (Lipinski definition) is 1. The van der Waals surface area contributed by atoms with Gasteiger partial charge >= 0.3 is 11.9 Å². The van der Waals surface area contributed by atoms with Gasteiger partial charge in [0.15, 0.2) is 0 Å². The van der Waals surface area contributed by atoms with Crippen molar-refractivity contribution in [3.8, 4) is 0 Å². The smallest absolute Gasteiger partial charge is 0.306 e. The zero-order chi connectivity index (χ0) is 23.8. The molecule has 1 aliphatic rings. The molecular formula is C26H41NO5. The number of hydrogen-bond acceptors (Lipinski definition) is 5. The molecule has 4 atom stereocenters. The first-order valence-corrected chi connectivity index (χ1v) is 12.0. The molecule has 0 aliphatic carbocycles. The molecule has 1 aliphatic heterocycles. The van der Waals surface area contributed by atoms with Gasteiger partial charge in [0, 0.05) is 36.3 Å². The Labute approximate surface area is 193 Å². The quantitative estimate of drug-likeness (QED) is 0.342. The molecule has 0 saturated carbocycles. The maximum Gasteiger partial charge on any atom is 0.306 e. The summed E-state index contributed by atoms with van der Waals surface area (Å²) in [4.78, 5) is 29.6. The lowest BCUT2D eigenvalue weighted by Crippen LogP contribution is -2.68. The van der Waals surface area contributed by atoms with Crippen LogP contribution in [-0.4, -0.2) is 45.9 Å². The molecule has 0 bridgehead atoms. The molecule has 180 valence electrons. The number of hydroxylamine groups is 2. The number of piperidine rings is 1. The molecule has 4 unspecified atom stereocenters. The van der Waals surface area contributed by atoms with Gasteiger partial charge in [-0.25, -0.2) is 0 Å². The van der Waals surface area contributed by atoms with Crippen LogP contribution in [-0.2, 0) is 25.6 Å². The average Bonchev–Trinajstić information content (AvgIpc) is 2.78. The summed E-state index contributed by atoms with van der Waals surface area (Å²) in [6.07, 6.45) is 4.51. The van der Waals surface area contributed by atoms with Crippen molar-refractivity contribution in [2.24, 2.45) is 5.92 Å². The molecule has 2 rings (SSSR count). The van der Waals surface area contributed by atoms with Gasteiger partial charge in [-0.05, 0) is 51.5 Å². The zero-order valence-electron chi connectivity index (χ0n) is 20.4. The van der Waals surface area contributed by atoms with Crippen molar-refractivity contribution in [1.82, 2.24) is 5.06 Å². The Morgan fingerprint density at radius 2 is 1.75 bits per heavy atom. The van der Waals surface area contributed by atoms with Crippen LogP contribution in [0.1, 0.15) is 85.1 Å². The van der Waals surface area contributed by atoms with E-state index in [4.69, 9.17) is 14.7 Å². The van der Waals surface area contributed by atoms with Crippen LogP contribution in [0, 0.1) is 5.92 Å². The van der Waals surface area contributed by atoms with Crippen molar-refractivity contribution in [2.75, 3.05) is 6.61 Å². The van der Waals surface area contributed by atoms with Crippen LogP contribution in [0.15, 0.2) is 30.3 Å². The molecule has 0 radical (unpaired) electrons. The third kappa shape index (κ3) is 6.55. The van der Waals surface area contributed by atoms with E-state index in [1.165, 1.54) is 5.56 Å². The van der Waals surface area contributed by atoms with Crippen LogP contribution in [0.2, 0.25) is 0 Å². The van der Waals surface area contributed by atoms with Crippen LogP contribution in [0.4, 0.5) is 0 Å². The minimum Gasteiger partial charge on any atom is -0.481 e. The summed E-state index contributed by atoms with van der Waals surface area (Å²) in [5.41, 5.74) is 0.736. The lowest BCUT2D eigenvalue weighted by atomic mass is 9.69. The molecule has 6 heteroatoms. The molecule has 6 nitrogen and oxygen atoms in total. The maximum atomic E-state index is 12.5. The third-order valence-electron chi connectivity index (χ3n) is 7.37. The van der Waals surface area contributed by atoms with E-state index in [0.29, 0.717) is 25.9 Å². The SMILES string of the molecule is CCC1(C)CC(OC(=O)CCCCC(=O)O)C(C)C(C)(CC)N1OCCc1ccccc1. The molecule has 1 saturated heterocycles. The molecular weight excluding hydrogens is 406 g/mol. The predicted octanol–water partition coefficient (Wildman–Crippen LogP) is 5.40. The molecule has 1 aromatic carbocycles. The Morgan fingerprint density at radius 1 is 1.09 bits per heavy atom. The molecule has 32 heavy (non-hydrogen) atoms. The number of esters is 1. The van der Waals surface area contributed by atoms with E-state index in [-0.39, 0.29) is 41.9 Å². The Hall–Kier alpha value is -1.92. The van der Waals surface area contributed by atoms with Crippen LogP contribution < -0.4 is 0 Å². The Bertz CT molecular complexity index is 739. The number of carbonyl (C=O) groups is 2. The standard InChI is InChI=1S/C26H41NO5/c1-6-25(4)19-22(32-24(30)16-12-11-15-23(28)29)20(3)26(5,7-2)27(25)31-18-17-21-13-9-8-10-14-21/h8-10,13-14,20,22H,6-7,11-12,15-19H2,1-5H3,(H,28,29). The normalized spacial score (nSPS) is 28.4. The van der Waals surface area contributed by atoms with Crippen LogP contribution in [0.5, 0.6) is 0 Å². The number of carboxylic acids is 1. The van der Waals surface area contributed by atoms with Crippen LogP contribution >= 0.6 is 0 Å². The molecule has 0 amide bonds. The Kier molecular flexibility index (Phi) is 9.71. The van der Waals surface area contributed by atoms with E-state index in [0.717, 1.165) is 19.3 Å². The minimum absolute atomic E-state index is 0.0875. The number of carboxylic acid groups (broad SMARTS) is 1. The van der Waals surface area contributed by atoms with Crippen molar-refractivity contribution < 1.29 is 24.3 Å². The van der Waals surface area contributed by atoms with E-state index in [1.807, 2.05) is 18.2 Å². The summed E-state index contributed by atoms with van der Waals surface area (Å²) in [7, 11) is 0. The fourth-order valence-electron chi connectivity index (χ4n) is 4.77. The molecule has 1 N–H and O–H groups in total. The van der Waals surface area contributed by atoms with Crippen molar-refractivity contribution in [3.05, 3.63) is 35.9 Å². The first-order chi connectivity index (χ1) is 15.2. The number of nitrogens with zero attached hydrogens (tertiary/aromatic N) is 1. The first kappa shape index (κ1) is 26.3. The van der Waals surface area contributed by atoms with Gasteiger partial charge in [-0.1, -0.05) is 51.1 Å². The second kappa shape index (κ2) is 11.8. The summed E-state index contributed by atoms with van der Waals surface area (Å²) < 4.78 is 5.96. The molecule has 1 fully saturated rings. The maximum absolute atomic E-state index is 12.5. The molecule has 0 spiro atoms. The number of rotatable bonds is 12. The lowest BCUT2D eigenvalue weighted by Gasteiger charge is -2.58. The fraction of sp³-hybridized carbons (Fsp3) is 0.692. The van der Waals surface area contributed by atoms with Gasteiger partial charge in [-0.3, -0.25) is 14.4 Å². The molecule has 0 aromatic heterocycles. The van der Waals surface area contributed by atoms with Crippen molar-refractivity contribution in [2.45, 2.75) is 103 Å². The summed E-state index contributed by atoms with van der Waals surface area (Å²) in [6, 6.07) is 10.3. The van der Waals surface area contributed by atoms with Gasteiger partial charge in [-0.2, -0.15) is 5.06 Å². The van der Waals surface area contributed by atoms with E-state index >= 15 is 0 Å².